The maximum absolute atomic E-state index is 12.3. The van der Waals surface area contributed by atoms with E-state index in [1.807, 2.05) is 37.2 Å². The molecule has 4 heterocycles. The lowest BCUT2D eigenvalue weighted by molar-refractivity contribution is 0.332. The van der Waals surface area contributed by atoms with Gasteiger partial charge in [0.05, 0.1) is 5.92 Å². The molecule has 1 fully saturated rings. The first-order valence-electron chi connectivity index (χ1n) is 8.36. The van der Waals surface area contributed by atoms with Gasteiger partial charge in [-0.1, -0.05) is 6.07 Å². The largest absolute Gasteiger partial charge is 0.356 e. The van der Waals surface area contributed by atoms with Crippen LogP contribution in [-0.4, -0.2) is 46.7 Å². The summed E-state index contributed by atoms with van der Waals surface area (Å²) in [4.78, 5) is 25.4. The SMILES string of the molecule is CN(C)c1noc(C2CCCN(c3cc(=O)n4ccccc4n3)C2)n1. The second-order valence-electron chi connectivity index (χ2n) is 6.49. The number of hydrogen-bond donors (Lipinski definition) is 0. The zero-order chi connectivity index (χ0) is 17.4. The Morgan fingerprint density at radius 3 is 2.96 bits per heavy atom. The predicted octanol–water partition coefficient (Wildman–Crippen LogP) is 1.53. The molecule has 0 saturated carbocycles. The van der Waals surface area contributed by atoms with E-state index in [1.165, 1.54) is 0 Å². The molecule has 130 valence electrons. The summed E-state index contributed by atoms with van der Waals surface area (Å²) >= 11 is 0. The minimum Gasteiger partial charge on any atom is -0.356 e. The third-order valence-electron chi connectivity index (χ3n) is 4.48. The van der Waals surface area contributed by atoms with Crippen molar-refractivity contribution in [2.45, 2.75) is 18.8 Å². The molecule has 8 nitrogen and oxygen atoms in total. The Labute approximate surface area is 144 Å². The first kappa shape index (κ1) is 15.6. The highest BCUT2D eigenvalue weighted by atomic mass is 16.5. The molecule has 0 bridgehead atoms. The topological polar surface area (TPSA) is 79.8 Å². The van der Waals surface area contributed by atoms with Crippen LogP contribution in [0.2, 0.25) is 0 Å². The van der Waals surface area contributed by atoms with Crippen molar-refractivity contribution in [3.05, 3.63) is 46.7 Å². The van der Waals surface area contributed by atoms with Gasteiger partial charge in [-0.05, 0) is 30.1 Å². The Bertz CT molecular complexity index is 947. The van der Waals surface area contributed by atoms with Crippen molar-refractivity contribution in [1.29, 1.82) is 0 Å². The van der Waals surface area contributed by atoms with Crippen LogP contribution in [0.15, 0.2) is 39.8 Å². The summed E-state index contributed by atoms with van der Waals surface area (Å²) in [5.74, 6) is 2.07. The van der Waals surface area contributed by atoms with Crippen LogP contribution in [0.5, 0.6) is 0 Å². The van der Waals surface area contributed by atoms with E-state index in [4.69, 9.17) is 4.52 Å². The van der Waals surface area contributed by atoms with Crippen LogP contribution in [-0.2, 0) is 0 Å². The quantitative estimate of drug-likeness (QED) is 0.715. The van der Waals surface area contributed by atoms with E-state index >= 15 is 0 Å². The number of fused-ring (bicyclic) bond motifs is 1. The summed E-state index contributed by atoms with van der Waals surface area (Å²) in [6.07, 6.45) is 3.70. The summed E-state index contributed by atoms with van der Waals surface area (Å²) in [7, 11) is 3.77. The van der Waals surface area contributed by atoms with Gasteiger partial charge < -0.3 is 14.3 Å². The van der Waals surface area contributed by atoms with Crippen LogP contribution >= 0.6 is 0 Å². The van der Waals surface area contributed by atoms with Gasteiger partial charge in [-0.25, -0.2) is 4.98 Å². The number of hydrogen-bond acceptors (Lipinski definition) is 7. The van der Waals surface area contributed by atoms with Gasteiger partial charge in [-0.3, -0.25) is 9.20 Å². The molecule has 0 spiro atoms. The summed E-state index contributed by atoms with van der Waals surface area (Å²) < 4.78 is 6.98. The third-order valence-corrected chi connectivity index (χ3v) is 4.48. The van der Waals surface area contributed by atoms with Crippen molar-refractivity contribution in [1.82, 2.24) is 19.5 Å². The van der Waals surface area contributed by atoms with Gasteiger partial charge in [0.1, 0.15) is 11.5 Å². The smallest absolute Gasteiger partial charge is 0.265 e. The number of aromatic nitrogens is 4. The summed E-state index contributed by atoms with van der Waals surface area (Å²) in [5.41, 5.74) is 0.579. The highest BCUT2D eigenvalue weighted by Crippen LogP contribution is 2.28. The maximum Gasteiger partial charge on any atom is 0.265 e. The zero-order valence-electron chi connectivity index (χ0n) is 14.3. The molecule has 4 rings (SSSR count). The Morgan fingerprint density at radius 2 is 2.16 bits per heavy atom. The Kier molecular flexibility index (Phi) is 3.87. The van der Waals surface area contributed by atoms with E-state index < -0.39 is 0 Å². The van der Waals surface area contributed by atoms with Gasteiger partial charge in [0.25, 0.3) is 11.5 Å². The molecule has 0 amide bonds. The van der Waals surface area contributed by atoms with Crippen LogP contribution in [0.1, 0.15) is 24.7 Å². The van der Waals surface area contributed by atoms with E-state index in [2.05, 4.69) is 20.0 Å². The van der Waals surface area contributed by atoms with Crippen LogP contribution in [0, 0.1) is 0 Å². The molecule has 0 radical (unpaired) electrons. The highest BCUT2D eigenvalue weighted by Gasteiger charge is 2.27. The summed E-state index contributed by atoms with van der Waals surface area (Å²) in [6, 6.07) is 7.14. The van der Waals surface area contributed by atoms with Gasteiger partial charge in [0, 0.05) is 39.4 Å². The second-order valence-corrected chi connectivity index (χ2v) is 6.49. The zero-order valence-corrected chi connectivity index (χ0v) is 14.3. The van der Waals surface area contributed by atoms with Crippen molar-refractivity contribution < 1.29 is 4.52 Å². The van der Waals surface area contributed by atoms with Crippen LogP contribution in [0.3, 0.4) is 0 Å². The molecule has 0 aliphatic carbocycles. The normalized spacial score (nSPS) is 17.8. The molecular formula is C17H20N6O2. The average Bonchev–Trinajstić information content (AvgIpc) is 3.12. The Morgan fingerprint density at radius 1 is 1.28 bits per heavy atom. The molecule has 0 N–H and O–H groups in total. The van der Waals surface area contributed by atoms with Crippen molar-refractivity contribution in [3.8, 4) is 0 Å². The van der Waals surface area contributed by atoms with E-state index in [0.29, 0.717) is 29.8 Å². The molecule has 0 aromatic carbocycles. The van der Waals surface area contributed by atoms with Gasteiger partial charge in [0.15, 0.2) is 0 Å². The van der Waals surface area contributed by atoms with E-state index in [-0.39, 0.29) is 11.5 Å². The van der Waals surface area contributed by atoms with Crippen LogP contribution < -0.4 is 15.4 Å². The second kappa shape index (κ2) is 6.19. The first-order chi connectivity index (χ1) is 12.1. The average molecular weight is 340 g/mol. The van der Waals surface area contributed by atoms with Crippen molar-refractivity contribution in [2.24, 2.45) is 0 Å². The summed E-state index contributed by atoms with van der Waals surface area (Å²) in [5, 5.41) is 4.00. The van der Waals surface area contributed by atoms with Crippen molar-refractivity contribution >= 4 is 17.4 Å². The summed E-state index contributed by atoms with van der Waals surface area (Å²) in [6.45, 7) is 1.57. The van der Waals surface area contributed by atoms with Crippen LogP contribution in [0.4, 0.5) is 11.8 Å². The van der Waals surface area contributed by atoms with E-state index in [9.17, 15) is 4.79 Å². The number of anilines is 2. The maximum atomic E-state index is 12.3. The van der Waals surface area contributed by atoms with Gasteiger partial charge in [0.2, 0.25) is 5.89 Å². The first-order valence-corrected chi connectivity index (χ1v) is 8.36. The fourth-order valence-electron chi connectivity index (χ4n) is 3.16. The Balaban J connectivity index is 1.61. The van der Waals surface area contributed by atoms with E-state index in [0.717, 1.165) is 19.4 Å². The third kappa shape index (κ3) is 2.95. The standard InChI is InChI=1S/C17H20N6O2/c1-21(2)17-19-16(25-20-17)12-6-5-8-22(11-12)14-10-15(24)23-9-4-3-7-13(23)18-14/h3-4,7,9-10,12H,5-6,8,11H2,1-2H3. The van der Waals surface area contributed by atoms with Crippen LogP contribution in [0.25, 0.3) is 5.65 Å². The number of rotatable bonds is 3. The van der Waals surface area contributed by atoms with Crippen molar-refractivity contribution in [3.63, 3.8) is 0 Å². The predicted molar refractivity (Wildman–Crippen MR) is 94.3 cm³/mol. The molecule has 3 aromatic heterocycles. The molecule has 1 unspecified atom stereocenters. The molecule has 8 heteroatoms. The fraction of sp³-hybridized carbons (Fsp3) is 0.412. The molecule has 1 aliphatic heterocycles. The fourth-order valence-corrected chi connectivity index (χ4v) is 3.16. The highest BCUT2D eigenvalue weighted by molar-refractivity contribution is 5.48. The van der Waals surface area contributed by atoms with Gasteiger partial charge in [-0.2, -0.15) is 4.98 Å². The lowest BCUT2D eigenvalue weighted by atomic mass is 9.98. The molecule has 1 atom stereocenters. The lowest BCUT2D eigenvalue weighted by Crippen LogP contribution is -2.36. The minimum absolute atomic E-state index is 0.0737. The Hall–Kier alpha value is -2.90. The van der Waals surface area contributed by atoms with E-state index in [1.54, 1.807) is 16.7 Å². The number of pyridine rings is 1. The lowest BCUT2D eigenvalue weighted by Gasteiger charge is -2.31. The van der Waals surface area contributed by atoms with Gasteiger partial charge >= 0.3 is 0 Å². The number of piperidine rings is 1. The molecule has 25 heavy (non-hydrogen) atoms. The van der Waals surface area contributed by atoms with Gasteiger partial charge in [-0.15, -0.1) is 0 Å². The molecular weight excluding hydrogens is 320 g/mol. The molecule has 1 aliphatic rings. The molecule has 1 saturated heterocycles. The van der Waals surface area contributed by atoms with Crippen molar-refractivity contribution in [2.75, 3.05) is 37.0 Å². The monoisotopic (exact) mass is 340 g/mol. The number of nitrogens with zero attached hydrogens (tertiary/aromatic N) is 6. The minimum atomic E-state index is -0.0737. The molecule has 3 aromatic rings.